The summed E-state index contributed by atoms with van der Waals surface area (Å²) in [4.78, 5) is 34.9. The van der Waals surface area contributed by atoms with Crippen LogP contribution in [0, 0.1) is 0 Å². The van der Waals surface area contributed by atoms with Crippen LogP contribution in [-0.4, -0.2) is 49.3 Å². The Kier molecular flexibility index (Phi) is 42.4. The van der Waals surface area contributed by atoms with Crippen LogP contribution >= 0.6 is 7.82 Å². The molecule has 0 aromatic carbocycles. The molecule has 0 aromatic heterocycles. The van der Waals surface area contributed by atoms with Crippen molar-refractivity contribution >= 4 is 19.8 Å². The number of hydrogen-bond acceptors (Lipinski definition) is 8. The molecule has 0 aliphatic heterocycles. The minimum atomic E-state index is -4.38. The molecule has 334 valence electrons. The first-order valence-corrected chi connectivity index (χ1v) is 25.0. The van der Waals surface area contributed by atoms with Crippen LogP contribution in [0.1, 0.15) is 219 Å². The Bertz CT molecular complexity index is 1030. The predicted octanol–water partition coefficient (Wildman–Crippen LogP) is 13.7. The second kappa shape index (κ2) is 43.8. The maximum atomic E-state index is 12.6. The molecule has 2 unspecified atom stereocenters. The molecule has 2 atom stereocenters. The molecular formula is C47H88NO8P. The summed E-state index contributed by atoms with van der Waals surface area (Å²) < 4.78 is 32.8. The zero-order valence-corrected chi connectivity index (χ0v) is 37.7. The number of carbonyl (C=O) groups is 2. The average Bonchev–Trinajstić information content (AvgIpc) is 3.20. The van der Waals surface area contributed by atoms with Crippen LogP contribution in [0.4, 0.5) is 0 Å². The van der Waals surface area contributed by atoms with E-state index in [1.165, 1.54) is 116 Å². The van der Waals surface area contributed by atoms with Crippen molar-refractivity contribution in [3.8, 4) is 0 Å². The van der Waals surface area contributed by atoms with E-state index >= 15 is 0 Å². The van der Waals surface area contributed by atoms with Crippen LogP contribution in [0.3, 0.4) is 0 Å². The molecule has 57 heavy (non-hydrogen) atoms. The quantitative estimate of drug-likeness (QED) is 0.0266. The van der Waals surface area contributed by atoms with E-state index in [-0.39, 0.29) is 38.6 Å². The van der Waals surface area contributed by atoms with Gasteiger partial charge in [0, 0.05) is 19.4 Å². The summed E-state index contributed by atoms with van der Waals surface area (Å²) in [5.41, 5.74) is 5.35. The molecule has 0 spiro atoms. The van der Waals surface area contributed by atoms with Gasteiger partial charge in [0.05, 0.1) is 13.2 Å². The lowest BCUT2D eigenvalue weighted by Crippen LogP contribution is -2.29. The molecule has 0 saturated heterocycles. The number of unbranched alkanes of at least 4 members (excludes halogenated alkanes) is 25. The maximum Gasteiger partial charge on any atom is 0.472 e. The summed E-state index contributed by atoms with van der Waals surface area (Å²) >= 11 is 0. The Morgan fingerprint density at radius 2 is 0.965 bits per heavy atom. The van der Waals surface area contributed by atoms with Gasteiger partial charge in [-0.3, -0.25) is 18.6 Å². The zero-order valence-electron chi connectivity index (χ0n) is 36.8. The summed E-state index contributed by atoms with van der Waals surface area (Å²) in [5, 5.41) is 0. The predicted molar refractivity (Wildman–Crippen MR) is 238 cm³/mol. The first-order valence-electron chi connectivity index (χ1n) is 23.5. The van der Waals surface area contributed by atoms with Gasteiger partial charge >= 0.3 is 19.8 Å². The van der Waals surface area contributed by atoms with Crippen LogP contribution in [0.25, 0.3) is 0 Å². The van der Waals surface area contributed by atoms with Crippen LogP contribution in [0.5, 0.6) is 0 Å². The lowest BCUT2D eigenvalue weighted by molar-refractivity contribution is -0.161. The highest BCUT2D eigenvalue weighted by atomic mass is 31.2. The van der Waals surface area contributed by atoms with E-state index in [1.54, 1.807) is 0 Å². The highest BCUT2D eigenvalue weighted by Crippen LogP contribution is 2.43. The van der Waals surface area contributed by atoms with Crippen LogP contribution in [0.2, 0.25) is 0 Å². The minimum absolute atomic E-state index is 0.0508. The summed E-state index contributed by atoms with van der Waals surface area (Å²) in [5.74, 6) is -0.840. The molecule has 0 heterocycles. The van der Waals surface area contributed by atoms with Gasteiger partial charge in [-0.2, -0.15) is 0 Å². The molecule has 0 saturated carbocycles. The lowest BCUT2D eigenvalue weighted by atomic mass is 10.0. The Balaban J connectivity index is 4.06. The summed E-state index contributed by atoms with van der Waals surface area (Å²) in [6.07, 6.45) is 49.0. The van der Waals surface area contributed by atoms with E-state index < -0.39 is 26.5 Å². The van der Waals surface area contributed by atoms with Gasteiger partial charge in [0.1, 0.15) is 6.61 Å². The molecule has 9 nitrogen and oxygen atoms in total. The summed E-state index contributed by atoms with van der Waals surface area (Å²) in [7, 11) is -4.38. The van der Waals surface area contributed by atoms with E-state index in [0.717, 1.165) is 70.6 Å². The van der Waals surface area contributed by atoms with Gasteiger partial charge in [-0.15, -0.1) is 0 Å². The molecular weight excluding hydrogens is 737 g/mol. The first-order chi connectivity index (χ1) is 27.8. The number of rotatable bonds is 44. The molecule has 10 heteroatoms. The number of ether oxygens (including phenoxy) is 2. The number of esters is 2. The lowest BCUT2D eigenvalue weighted by Gasteiger charge is -2.19. The van der Waals surface area contributed by atoms with Crippen molar-refractivity contribution in [2.45, 2.75) is 225 Å². The van der Waals surface area contributed by atoms with Gasteiger partial charge in [0.2, 0.25) is 0 Å². The van der Waals surface area contributed by atoms with Crippen molar-refractivity contribution in [2.75, 3.05) is 26.4 Å². The van der Waals surface area contributed by atoms with Crippen LogP contribution in [0.15, 0.2) is 36.5 Å². The van der Waals surface area contributed by atoms with Crippen molar-refractivity contribution in [3.05, 3.63) is 36.5 Å². The Morgan fingerprint density at radius 3 is 1.44 bits per heavy atom. The van der Waals surface area contributed by atoms with Gasteiger partial charge in [-0.1, -0.05) is 198 Å². The summed E-state index contributed by atoms with van der Waals surface area (Å²) in [6, 6.07) is 0. The molecule has 0 aliphatic carbocycles. The highest BCUT2D eigenvalue weighted by Gasteiger charge is 2.26. The van der Waals surface area contributed by atoms with Crippen molar-refractivity contribution in [3.63, 3.8) is 0 Å². The van der Waals surface area contributed by atoms with Crippen molar-refractivity contribution in [2.24, 2.45) is 5.73 Å². The Morgan fingerprint density at radius 1 is 0.544 bits per heavy atom. The third-order valence-electron chi connectivity index (χ3n) is 10.0. The smallest absolute Gasteiger partial charge is 0.462 e. The number of nitrogens with two attached hydrogens (primary N) is 1. The third kappa shape index (κ3) is 43.6. The van der Waals surface area contributed by atoms with Crippen molar-refractivity contribution in [1.29, 1.82) is 0 Å². The number of phosphoric acid groups is 1. The van der Waals surface area contributed by atoms with E-state index in [4.69, 9.17) is 24.3 Å². The number of carbonyl (C=O) groups excluding carboxylic acids is 2. The van der Waals surface area contributed by atoms with E-state index in [2.05, 4.69) is 50.3 Å². The second-order valence-corrected chi connectivity index (χ2v) is 17.1. The fraction of sp³-hybridized carbons (Fsp3) is 0.830. The highest BCUT2D eigenvalue weighted by molar-refractivity contribution is 7.47. The minimum Gasteiger partial charge on any atom is -0.462 e. The van der Waals surface area contributed by atoms with Crippen LogP contribution in [-0.2, 0) is 32.7 Å². The van der Waals surface area contributed by atoms with E-state index in [1.807, 2.05) is 0 Å². The normalized spacial score (nSPS) is 13.5. The van der Waals surface area contributed by atoms with Gasteiger partial charge < -0.3 is 20.1 Å². The van der Waals surface area contributed by atoms with Gasteiger partial charge in [0.15, 0.2) is 6.10 Å². The molecule has 0 amide bonds. The number of allylic oxidation sites excluding steroid dienone is 6. The molecule has 3 N–H and O–H groups in total. The molecule has 0 bridgehead atoms. The topological polar surface area (TPSA) is 134 Å². The second-order valence-electron chi connectivity index (χ2n) is 15.6. The molecule has 0 aliphatic rings. The van der Waals surface area contributed by atoms with E-state index in [0.29, 0.717) is 6.42 Å². The molecule has 0 aromatic rings. The SMILES string of the molecule is CCC=CCC=CCC=CCCCCCCCC(=O)OC(COC(=O)CCCCCCCCCCCCCCCCCCCCCCC)COP(=O)(O)OCCN. The van der Waals surface area contributed by atoms with Crippen molar-refractivity contribution in [1.82, 2.24) is 0 Å². The van der Waals surface area contributed by atoms with Gasteiger partial charge in [0.25, 0.3) is 0 Å². The monoisotopic (exact) mass is 826 g/mol. The average molecular weight is 826 g/mol. The molecule has 0 radical (unpaired) electrons. The maximum absolute atomic E-state index is 12.6. The van der Waals surface area contributed by atoms with E-state index in [9.17, 15) is 19.0 Å². The van der Waals surface area contributed by atoms with Gasteiger partial charge in [-0.05, 0) is 44.9 Å². The Hall–Kier alpha value is -1.77. The molecule has 0 fully saturated rings. The number of hydrogen-bond donors (Lipinski definition) is 2. The largest absolute Gasteiger partial charge is 0.472 e. The first kappa shape index (κ1) is 55.2. The van der Waals surface area contributed by atoms with Crippen LogP contribution < -0.4 is 5.73 Å². The molecule has 0 rings (SSSR count). The zero-order chi connectivity index (χ0) is 41.8. The number of phosphoric ester groups is 1. The Labute approximate surface area is 350 Å². The van der Waals surface area contributed by atoms with Crippen molar-refractivity contribution < 1.29 is 37.6 Å². The van der Waals surface area contributed by atoms with Gasteiger partial charge in [-0.25, -0.2) is 4.57 Å². The third-order valence-corrected chi connectivity index (χ3v) is 11.0. The fourth-order valence-corrected chi connectivity index (χ4v) is 7.36. The summed E-state index contributed by atoms with van der Waals surface area (Å²) in [6.45, 7) is 3.63. The standard InChI is InChI=1S/C47H88NO8P/c1-3-5-7-9-11-13-15-17-19-20-21-22-23-24-26-27-29-31-33-35-37-39-46(49)53-43-45(44-55-57(51,52)54-42-41-48)56-47(50)40-38-36-34-32-30-28-25-18-16-14-12-10-8-6-4-2/h6,8,12,14,18,25,45H,3-5,7,9-11,13,15-17,19-24,26-44,48H2,1-2H3,(H,51,52). The fourth-order valence-electron chi connectivity index (χ4n) is 6.59.